The highest BCUT2D eigenvalue weighted by Gasteiger charge is 2.55. The summed E-state index contributed by atoms with van der Waals surface area (Å²) in [4.78, 5) is 47.0. The van der Waals surface area contributed by atoms with Gasteiger partial charge in [0.2, 0.25) is 5.91 Å². The van der Waals surface area contributed by atoms with E-state index in [0.717, 1.165) is 21.0 Å². The summed E-state index contributed by atoms with van der Waals surface area (Å²) in [5.74, 6) is -0.686. The summed E-state index contributed by atoms with van der Waals surface area (Å²) in [6, 6.07) is 12.7. The van der Waals surface area contributed by atoms with Crippen LogP contribution >= 0.6 is 22.9 Å². The summed E-state index contributed by atoms with van der Waals surface area (Å²) in [5.41, 5.74) is 1.69. The molecule has 2 aromatic heterocycles. The maximum atomic E-state index is 13.6. The van der Waals surface area contributed by atoms with Crippen LogP contribution in [0.2, 0.25) is 5.02 Å². The molecule has 0 saturated carbocycles. The van der Waals surface area contributed by atoms with Gasteiger partial charge in [-0.25, -0.2) is 9.78 Å². The number of carbonyl (C=O) groups excluding carboxylic acids is 3. The predicted octanol–water partition coefficient (Wildman–Crippen LogP) is 4.73. The van der Waals surface area contributed by atoms with Crippen LogP contribution in [0.25, 0.3) is 0 Å². The Hall–Kier alpha value is -3.43. The lowest BCUT2D eigenvalue weighted by atomic mass is 9.81. The molecule has 10 heteroatoms. The van der Waals surface area contributed by atoms with Gasteiger partial charge in [-0.1, -0.05) is 30.7 Å². The van der Waals surface area contributed by atoms with Crippen LogP contribution in [0, 0.1) is 5.92 Å². The lowest BCUT2D eigenvalue weighted by Crippen LogP contribution is -2.70. The van der Waals surface area contributed by atoms with E-state index in [4.69, 9.17) is 11.6 Å². The van der Waals surface area contributed by atoms with Gasteiger partial charge in [0.1, 0.15) is 11.9 Å². The Bertz CT molecular complexity index is 1250. The summed E-state index contributed by atoms with van der Waals surface area (Å²) >= 11 is 7.55. The van der Waals surface area contributed by atoms with Crippen molar-refractivity contribution >= 4 is 51.6 Å². The second-order valence-corrected chi connectivity index (χ2v) is 9.94. The molecule has 8 nitrogen and oxygen atoms in total. The number of aromatic nitrogens is 1. The molecule has 3 atom stereocenters. The van der Waals surface area contributed by atoms with Gasteiger partial charge in [0.15, 0.2) is 0 Å². The highest BCUT2D eigenvalue weighted by atomic mass is 35.5. The van der Waals surface area contributed by atoms with Crippen molar-refractivity contribution in [3.05, 3.63) is 76.3 Å². The zero-order valence-corrected chi connectivity index (χ0v) is 21.8. The first-order valence-corrected chi connectivity index (χ1v) is 12.9. The van der Waals surface area contributed by atoms with Crippen LogP contribution in [0.4, 0.5) is 15.6 Å². The lowest BCUT2D eigenvalue weighted by molar-refractivity contribution is -0.156. The van der Waals surface area contributed by atoms with Crippen LogP contribution in [0.3, 0.4) is 0 Å². The number of halogens is 1. The number of urea groups is 1. The minimum atomic E-state index is -0.923. The summed E-state index contributed by atoms with van der Waals surface area (Å²) in [6.45, 7) is 1.93. The zero-order chi connectivity index (χ0) is 25.8. The fourth-order valence-corrected chi connectivity index (χ4v) is 5.28. The first kappa shape index (κ1) is 25.7. The van der Waals surface area contributed by atoms with E-state index in [2.05, 4.69) is 15.6 Å². The third kappa shape index (κ3) is 5.22. The molecule has 0 radical (unpaired) electrons. The van der Waals surface area contributed by atoms with Crippen molar-refractivity contribution in [3.8, 4) is 0 Å². The summed E-state index contributed by atoms with van der Waals surface area (Å²) in [7, 11) is 3.43. The van der Waals surface area contributed by atoms with Crippen LogP contribution in [-0.2, 0) is 16.0 Å². The fourth-order valence-electron chi connectivity index (χ4n) is 4.38. The summed E-state index contributed by atoms with van der Waals surface area (Å²) in [5, 5.41) is 9.08. The van der Waals surface area contributed by atoms with Gasteiger partial charge in [-0.2, -0.15) is 0 Å². The van der Waals surface area contributed by atoms with Gasteiger partial charge in [0.25, 0.3) is 5.91 Å². The number of carbonyl (C=O) groups is 3. The van der Waals surface area contributed by atoms with E-state index in [1.165, 1.54) is 16.2 Å². The molecule has 2 N–H and O–H groups in total. The monoisotopic (exact) mass is 525 g/mol. The molecule has 36 heavy (non-hydrogen) atoms. The van der Waals surface area contributed by atoms with E-state index in [9.17, 15) is 14.4 Å². The lowest BCUT2D eigenvalue weighted by Gasteiger charge is -2.46. The smallest absolute Gasteiger partial charge is 0.325 e. The number of likely N-dealkylation sites (N-methyl/N-ethyl adjacent to an activating group) is 1. The van der Waals surface area contributed by atoms with Crippen molar-refractivity contribution in [2.45, 2.75) is 31.8 Å². The number of nitrogens with one attached hydrogen (secondary N) is 2. The van der Waals surface area contributed by atoms with E-state index in [0.29, 0.717) is 23.7 Å². The molecule has 0 unspecified atom stereocenters. The normalized spacial score (nSPS) is 17.8. The van der Waals surface area contributed by atoms with Crippen molar-refractivity contribution in [1.29, 1.82) is 0 Å². The minimum absolute atomic E-state index is 0.309. The Morgan fingerprint density at radius 2 is 2.03 bits per heavy atom. The second kappa shape index (κ2) is 11.1. The van der Waals surface area contributed by atoms with Crippen molar-refractivity contribution in [2.75, 3.05) is 24.3 Å². The molecular weight excluding hydrogens is 498 g/mol. The molecule has 0 spiro atoms. The molecule has 1 saturated heterocycles. The highest BCUT2D eigenvalue weighted by Crippen LogP contribution is 2.34. The van der Waals surface area contributed by atoms with Gasteiger partial charge in [0, 0.05) is 25.3 Å². The number of benzene rings is 1. The van der Waals surface area contributed by atoms with Crippen molar-refractivity contribution in [3.63, 3.8) is 0 Å². The maximum absolute atomic E-state index is 13.6. The third-order valence-corrected chi connectivity index (χ3v) is 7.53. The minimum Gasteiger partial charge on any atom is -0.373 e. The van der Waals surface area contributed by atoms with Gasteiger partial charge in [0.05, 0.1) is 17.0 Å². The van der Waals surface area contributed by atoms with E-state index in [-0.39, 0.29) is 17.9 Å². The predicted molar refractivity (Wildman–Crippen MR) is 142 cm³/mol. The number of thiophene rings is 1. The van der Waals surface area contributed by atoms with Gasteiger partial charge in [-0.15, -0.1) is 11.3 Å². The standard InChI is InChI=1S/C26H28ClN5O3S/c1-4-20(17-7-5-8-18(27)15-17)30-26(35)32-23(25(34)31(3)22-9-6-12-36-22)19(24(32)33)13-16-10-11-29-21(14-16)28-2/h5-12,14-15,19-20,23H,4,13H2,1-3H3,(H,28,29)(H,30,35)/t19-,20-,23+/m1/s1. The molecule has 1 aliphatic rings. The van der Waals surface area contributed by atoms with Crippen molar-refractivity contribution in [2.24, 2.45) is 5.92 Å². The number of anilines is 2. The second-order valence-electron chi connectivity index (χ2n) is 8.58. The van der Waals surface area contributed by atoms with Crippen LogP contribution in [0.5, 0.6) is 0 Å². The molecule has 4 amide bonds. The van der Waals surface area contributed by atoms with Crippen molar-refractivity contribution in [1.82, 2.24) is 15.2 Å². The summed E-state index contributed by atoms with van der Waals surface area (Å²) in [6.07, 6.45) is 2.56. The molecule has 1 fully saturated rings. The number of pyridine rings is 1. The number of hydrogen-bond acceptors (Lipinski definition) is 6. The first-order valence-electron chi connectivity index (χ1n) is 11.7. The first-order chi connectivity index (χ1) is 17.3. The SMILES string of the molecule is CC[C@@H](NC(=O)N1C(=O)[C@H](Cc2ccnc(NC)c2)[C@H]1C(=O)N(C)c1cccs1)c1cccc(Cl)c1. The number of nitrogens with zero attached hydrogens (tertiary/aromatic N) is 3. The van der Waals surface area contributed by atoms with E-state index >= 15 is 0 Å². The van der Waals surface area contributed by atoms with Gasteiger partial charge in [-0.05, 0) is 65.7 Å². The van der Waals surface area contributed by atoms with Crippen molar-refractivity contribution < 1.29 is 14.4 Å². The molecule has 188 valence electrons. The Kier molecular flexibility index (Phi) is 7.91. The Morgan fingerprint density at radius 3 is 2.69 bits per heavy atom. The molecule has 1 aromatic carbocycles. The molecular formula is C26H28ClN5O3S. The van der Waals surface area contributed by atoms with Gasteiger partial charge < -0.3 is 15.5 Å². The number of likely N-dealkylation sites (tertiary alicyclic amines) is 1. The Labute approximate surface area is 219 Å². The number of β-lactam (4-membered cyclic amide) rings is 1. The van der Waals surface area contributed by atoms with E-state index < -0.39 is 18.0 Å². The number of imide groups is 1. The largest absolute Gasteiger partial charge is 0.373 e. The number of hydrogen-bond donors (Lipinski definition) is 2. The van der Waals surface area contributed by atoms with Gasteiger partial charge in [-0.3, -0.25) is 14.5 Å². The molecule has 3 aromatic rings. The maximum Gasteiger partial charge on any atom is 0.325 e. The number of amides is 4. The average Bonchev–Trinajstić information content (AvgIpc) is 3.43. The third-order valence-electron chi connectivity index (χ3n) is 6.35. The number of rotatable bonds is 8. The topological polar surface area (TPSA) is 94.6 Å². The van der Waals surface area contributed by atoms with Crippen LogP contribution in [0.15, 0.2) is 60.1 Å². The van der Waals surface area contributed by atoms with Crippen LogP contribution in [-0.4, -0.2) is 47.9 Å². The summed E-state index contributed by atoms with van der Waals surface area (Å²) < 4.78 is 0. The average molecular weight is 526 g/mol. The molecule has 1 aliphatic heterocycles. The van der Waals surface area contributed by atoms with Crippen LogP contribution in [0.1, 0.15) is 30.5 Å². The Balaban J connectivity index is 1.59. The van der Waals surface area contributed by atoms with E-state index in [1.54, 1.807) is 32.4 Å². The van der Waals surface area contributed by atoms with Crippen LogP contribution < -0.4 is 15.5 Å². The zero-order valence-electron chi connectivity index (χ0n) is 20.3. The van der Waals surface area contributed by atoms with E-state index in [1.807, 2.05) is 48.7 Å². The fraction of sp³-hybridized carbons (Fsp3) is 0.308. The molecule has 0 bridgehead atoms. The Morgan fingerprint density at radius 1 is 1.22 bits per heavy atom. The highest BCUT2D eigenvalue weighted by molar-refractivity contribution is 7.14. The molecule has 4 rings (SSSR count). The molecule has 0 aliphatic carbocycles. The van der Waals surface area contributed by atoms with Gasteiger partial charge >= 0.3 is 6.03 Å². The molecule has 3 heterocycles. The quantitative estimate of drug-likeness (QED) is 0.414.